The third-order valence-corrected chi connectivity index (χ3v) is 3.30. The summed E-state index contributed by atoms with van der Waals surface area (Å²) in [5, 5.41) is 14.9. The smallest absolute Gasteiger partial charge is 0.303 e. The van der Waals surface area contributed by atoms with Crippen molar-refractivity contribution in [3.63, 3.8) is 0 Å². The minimum atomic E-state index is -0.829. The van der Waals surface area contributed by atoms with Gasteiger partial charge in [0.05, 0.1) is 6.04 Å². The summed E-state index contributed by atoms with van der Waals surface area (Å²) in [4.78, 5) is 22.6. The van der Waals surface area contributed by atoms with Gasteiger partial charge >= 0.3 is 5.97 Å². The second kappa shape index (κ2) is 6.73. The molecule has 1 unspecified atom stereocenters. The molecule has 3 N–H and O–H groups in total. The number of carboxylic acids is 1. The first-order valence-corrected chi connectivity index (χ1v) is 6.68. The Bertz CT molecular complexity index is 295. The average molecular weight is 256 g/mol. The predicted molar refractivity (Wildman–Crippen MR) is 69.4 cm³/mol. The lowest BCUT2D eigenvalue weighted by Crippen LogP contribution is -2.52. The summed E-state index contributed by atoms with van der Waals surface area (Å²) in [6.07, 6.45) is 4.74. The highest BCUT2D eigenvalue weighted by Crippen LogP contribution is 2.14. The predicted octanol–water partition coefficient (Wildman–Crippen LogP) is 1.28. The molecular weight excluding hydrogens is 232 g/mol. The number of carbonyl (C=O) groups excluding carboxylic acids is 1. The van der Waals surface area contributed by atoms with E-state index in [0.717, 1.165) is 25.8 Å². The molecule has 0 aliphatic carbocycles. The fourth-order valence-electron chi connectivity index (χ4n) is 2.15. The van der Waals surface area contributed by atoms with Crippen LogP contribution in [0.1, 0.15) is 52.4 Å². The average Bonchev–Trinajstić information content (AvgIpc) is 2.54. The van der Waals surface area contributed by atoms with E-state index in [9.17, 15) is 9.59 Å². The topological polar surface area (TPSA) is 78.4 Å². The maximum absolute atomic E-state index is 12.1. The van der Waals surface area contributed by atoms with Crippen LogP contribution in [0.4, 0.5) is 0 Å². The van der Waals surface area contributed by atoms with Gasteiger partial charge in [-0.1, -0.05) is 12.8 Å². The van der Waals surface area contributed by atoms with E-state index < -0.39 is 11.5 Å². The Labute approximate surface area is 108 Å². The van der Waals surface area contributed by atoms with Crippen molar-refractivity contribution in [2.24, 2.45) is 0 Å². The van der Waals surface area contributed by atoms with E-state index in [-0.39, 0.29) is 18.4 Å². The molecule has 0 aromatic carbocycles. The molecular formula is C13H24N2O3. The van der Waals surface area contributed by atoms with Gasteiger partial charge in [-0.15, -0.1) is 0 Å². The fraction of sp³-hybridized carbons (Fsp3) is 0.846. The highest BCUT2D eigenvalue weighted by atomic mass is 16.4. The van der Waals surface area contributed by atoms with Crippen LogP contribution in [0.15, 0.2) is 0 Å². The zero-order valence-corrected chi connectivity index (χ0v) is 11.3. The number of carbonyl (C=O) groups is 2. The lowest BCUT2D eigenvalue weighted by atomic mass is 9.97. The Hall–Kier alpha value is -1.10. The molecule has 0 aromatic rings. The summed E-state index contributed by atoms with van der Waals surface area (Å²) < 4.78 is 0. The number of rotatable bonds is 5. The van der Waals surface area contributed by atoms with Crippen molar-refractivity contribution in [1.29, 1.82) is 0 Å². The molecule has 104 valence electrons. The molecule has 18 heavy (non-hydrogen) atoms. The Morgan fingerprint density at radius 1 is 1.33 bits per heavy atom. The van der Waals surface area contributed by atoms with Gasteiger partial charge in [-0.05, 0) is 39.7 Å². The Morgan fingerprint density at radius 2 is 2.06 bits per heavy atom. The molecule has 1 aliphatic rings. The minimum Gasteiger partial charge on any atom is -0.481 e. The van der Waals surface area contributed by atoms with E-state index in [4.69, 9.17) is 5.11 Å². The molecule has 0 aromatic heterocycles. The van der Waals surface area contributed by atoms with Crippen molar-refractivity contribution in [3.8, 4) is 0 Å². The fourth-order valence-corrected chi connectivity index (χ4v) is 2.15. The third-order valence-electron chi connectivity index (χ3n) is 3.30. The largest absolute Gasteiger partial charge is 0.481 e. The van der Waals surface area contributed by atoms with Crippen LogP contribution in [0.5, 0.6) is 0 Å². The molecule has 0 bridgehead atoms. The summed E-state index contributed by atoms with van der Waals surface area (Å²) in [6.45, 7) is 4.61. The van der Waals surface area contributed by atoms with Gasteiger partial charge in [-0.2, -0.15) is 0 Å². The zero-order chi connectivity index (χ0) is 13.6. The van der Waals surface area contributed by atoms with Crippen LogP contribution >= 0.6 is 0 Å². The Kier molecular flexibility index (Phi) is 5.59. The van der Waals surface area contributed by atoms with E-state index in [2.05, 4.69) is 10.6 Å². The van der Waals surface area contributed by atoms with Crippen LogP contribution in [-0.4, -0.2) is 35.1 Å². The van der Waals surface area contributed by atoms with E-state index in [1.807, 2.05) is 13.8 Å². The molecule has 1 aliphatic heterocycles. The van der Waals surface area contributed by atoms with Gasteiger partial charge in [-0.3, -0.25) is 9.59 Å². The Morgan fingerprint density at radius 3 is 2.72 bits per heavy atom. The molecule has 1 atom stereocenters. The van der Waals surface area contributed by atoms with Crippen LogP contribution < -0.4 is 10.6 Å². The number of hydrogen-bond donors (Lipinski definition) is 3. The number of aliphatic carboxylic acids is 1. The molecule has 0 spiro atoms. The first-order chi connectivity index (χ1) is 8.41. The molecule has 5 nitrogen and oxygen atoms in total. The Balaban J connectivity index is 2.43. The monoisotopic (exact) mass is 256 g/mol. The molecule has 1 rings (SSSR count). The SMILES string of the molecule is CC(C)(CCC(=O)O)NC(=O)C1CCCCCN1. The zero-order valence-electron chi connectivity index (χ0n) is 11.3. The number of hydrogen-bond acceptors (Lipinski definition) is 3. The molecule has 1 amide bonds. The van der Waals surface area contributed by atoms with Crippen molar-refractivity contribution in [2.45, 2.75) is 64.0 Å². The van der Waals surface area contributed by atoms with E-state index in [1.54, 1.807) is 0 Å². The summed E-state index contributed by atoms with van der Waals surface area (Å²) in [5.41, 5.74) is -0.469. The highest BCUT2D eigenvalue weighted by Gasteiger charge is 2.26. The van der Waals surface area contributed by atoms with Gasteiger partial charge in [0.1, 0.15) is 0 Å². The van der Waals surface area contributed by atoms with Crippen molar-refractivity contribution >= 4 is 11.9 Å². The third kappa shape index (κ3) is 5.49. The van der Waals surface area contributed by atoms with Crippen molar-refractivity contribution in [2.75, 3.05) is 6.54 Å². The second-order valence-electron chi connectivity index (χ2n) is 5.62. The minimum absolute atomic E-state index is 0.00714. The number of amides is 1. The van der Waals surface area contributed by atoms with Gasteiger partial charge in [0.25, 0.3) is 0 Å². The van der Waals surface area contributed by atoms with Gasteiger partial charge in [-0.25, -0.2) is 0 Å². The van der Waals surface area contributed by atoms with E-state index in [0.29, 0.717) is 6.42 Å². The molecule has 0 saturated carbocycles. The normalized spacial score (nSPS) is 21.1. The van der Waals surface area contributed by atoms with E-state index in [1.165, 1.54) is 6.42 Å². The quantitative estimate of drug-likeness (QED) is 0.692. The maximum Gasteiger partial charge on any atom is 0.303 e. The number of nitrogens with one attached hydrogen (secondary N) is 2. The molecule has 1 saturated heterocycles. The second-order valence-corrected chi connectivity index (χ2v) is 5.62. The van der Waals surface area contributed by atoms with Crippen molar-refractivity contribution in [1.82, 2.24) is 10.6 Å². The highest BCUT2D eigenvalue weighted by molar-refractivity contribution is 5.82. The van der Waals surface area contributed by atoms with Crippen molar-refractivity contribution in [3.05, 3.63) is 0 Å². The van der Waals surface area contributed by atoms with Crippen molar-refractivity contribution < 1.29 is 14.7 Å². The van der Waals surface area contributed by atoms with Gasteiger partial charge in [0.15, 0.2) is 0 Å². The van der Waals surface area contributed by atoms with Crippen LogP contribution in [0.3, 0.4) is 0 Å². The number of carboxylic acid groups (broad SMARTS) is 1. The van der Waals surface area contributed by atoms with Crippen LogP contribution in [0.2, 0.25) is 0 Å². The summed E-state index contributed by atoms with van der Waals surface area (Å²) in [7, 11) is 0. The maximum atomic E-state index is 12.1. The van der Waals surface area contributed by atoms with Gasteiger partial charge in [0.2, 0.25) is 5.91 Å². The van der Waals surface area contributed by atoms with Gasteiger partial charge < -0.3 is 15.7 Å². The standard InChI is InChI=1S/C13H24N2O3/c1-13(2,8-7-11(16)17)15-12(18)10-6-4-3-5-9-14-10/h10,14H,3-9H2,1-2H3,(H,15,18)(H,16,17). The first kappa shape index (κ1) is 15.0. The van der Waals surface area contributed by atoms with Crippen LogP contribution in [0, 0.1) is 0 Å². The summed E-state index contributed by atoms with van der Waals surface area (Å²) >= 11 is 0. The molecule has 5 heteroatoms. The summed E-state index contributed by atoms with van der Waals surface area (Å²) in [5.74, 6) is -0.836. The summed E-state index contributed by atoms with van der Waals surface area (Å²) in [6, 6.07) is -0.128. The van der Waals surface area contributed by atoms with E-state index >= 15 is 0 Å². The molecule has 1 heterocycles. The first-order valence-electron chi connectivity index (χ1n) is 6.68. The van der Waals surface area contributed by atoms with Crippen LogP contribution in [-0.2, 0) is 9.59 Å². The lowest BCUT2D eigenvalue weighted by Gasteiger charge is -2.28. The molecule has 0 radical (unpaired) electrons. The molecule has 1 fully saturated rings. The lowest BCUT2D eigenvalue weighted by molar-refractivity contribution is -0.138. The van der Waals surface area contributed by atoms with Crippen LogP contribution in [0.25, 0.3) is 0 Å². The van der Waals surface area contributed by atoms with Gasteiger partial charge in [0, 0.05) is 12.0 Å².